The molecule has 0 atom stereocenters. The summed E-state index contributed by atoms with van der Waals surface area (Å²) in [7, 11) is 0. The lowest BCUT2D eigenvalue weighted by atomic mass is 10.2. The van der Waals surface area contributed by atoms with Gasteiger partial charge >= 0.3 is 5.97 Å². The van der Waals surface area contributed by atoms with Crippen molar-refractivity contribution in [3.05, 3.63) is 101 Å². The van der Waals surface area contributed by atoms with Gasteiger partial charge in [0.15, 0.2) is 6.61 Å². The fourth-order valence-corrected chi connectivity index (χ4v) is 2.52. The fourth-order valence-electron chi connectivity index (χ4n) is 2.39. The maximum Gasteiger partial charge on any atom is 0.336 e. The van der Waals surface area contributed by atoms with Crippen LogP contribution in [0.4, 0.5) is 0 Å². The van der Waals surface area contributed by atoms with E-state index in [2.05, 4.69) is 10.5 Å². The quantitative estimate of drug-likeness (QED) is 0.186. The second-order valence-corrected chi connectivity index (χ2v) is 6.71. The van der Waals surface area contributed by atoms with Crippen molar-refractivity contribution < 1.29 is 19.1 Å². The van der Waals surface area contributed by atoms with Gasteiger partial charge in [0.25, 0.3) is 5.91 Å². The summed E-state index contributed by atoms with van der Waals surface area (Å²) in [4.78, 5) is 23.7. The average molecular weight is 435 g/mol. The minimum atomic E-state index is -0.474. The molecule has 1 amide bonds. The summed E-state index contributed by atoms with van der Waals surface area (Å²) < 4.78 is 10.6. The maximum atomic E-state index is 11.9. The number of halogens is 1. The van der Waals surface area contributed by atoms with Gasteiger partial charge in [-0.1, -0.05) is 41.9 Å². The van der Waals surface area contributed by atoms with Gasteiger partial charge in [-0.15, -0.1) is 0 Å². The fraction of sp³-hybridized carbons (Fsp3) is 0.0417. The molecule has 31 heavy (non-hydrogen) atoms. The molecule has 3 aromatic carbocycles. The lowest BCUT2D eigenvalue weighted by Crippen LogP contribution is -2.24. The average Bonchev–Trinajstić information content (AvgIpc) is 2.79. The van der Waals surface area contributed by atoms with E-state index in [1.54, 1.807) is 54.6 Å². The Morgan fingerprint density at radius 2 is 1.55 bits per heavy atom. The number of benzene rings is 3. The Morgan fingerprint density at radius 1 is 0.871 bits per heavy atom. The first-order chi connectivity index (χ1) is 15.1. The second kappa shape index (κ2) is 11.3. The Balaban J connectivity index is 1.42. The van der Waals surface area contributed by atoms with Gasteiger partial charge in [0.1, 0.15) is 11.5 Å². The molecule has 0 saturated heterocycles. The molecule has 0 radical (unpaired) electrons. The molecule has 0 spiro atoms. The number of nitrogens with one attached hydrogen (secondary N) is 1. The number of nitrogens with zero attached hydrogens (tertiary/aromatic N) is 1. The molecular formula is C24H19ClN2O4. The molecule has 0 heterocycles. The number of hydrogen-bond donors (Lipinski definition) is 1. The number of rotatable bonds is 8. The van der Waals surface area contributed by atoms with Gasteiger partial charge in [-0.2, -0.15) is 5.10 Å². The molecular weight excluding hydrogens is 416 g/mol. The molecule has 0 saturated carbocycles. The van der Waals surface area contributed by atoms with Crippen LogP contribution in [0.2, 0.25) is 5.02 Å². The summed E-state index contributed by atoms with van der Waals surface area (Å²) in [5.41, 5.74) is 4.01. The van der Waals surface area contributed by atoms with Crippen molar-refractivity contribution in [1.82, 2.24) is 5.43 Å². The van der Waals surface area contributed by atoms with Gasteiger partial charge in [-0.05, 0) is 65.7 Å². The summed E-state index contributed by atoms with van der Waals surface area (Å²) in [6.45, 7) is -0.176. The minimum absolute atomic E-state index is 0.176. The highest BCUT2D eigenvalue weighted by atomic mass is 35.5. The number of esters is 1. The van der Waals surface area contributed by atoms with E-state index < -0.39 is 11.9 Å². The van der Waals surface area contributed by atoms with E-state index in [-0.39, 0.29) is 6.61 Å². The monoisotopic (exact) mass is 434 g/mol. The molecule has 156 valence electrons. The van der Waals surface area contributed by atoms with E-state index in [0.717, 1.165) is 11.1 Å². The van der Waals surface area contributed by atoms with Crippen LogP contribution in [0.15, 0.2) is 90.0 Å². The van der Waals surface area contributed by atoms with Gasteiger partial charge in [0.2, 0.25) is 0 Å². The number of hydrogen-bond acceptors (Lipinski definition) is 5. The second-order valence-electron chi connectivity index (χ2n) is 6.27. The molecule has 6 nitrogen and oxygen atoms in total. The molecule has 0 unspecified atom stereocenters. The highest BCUT2D eigenvalue weighted by Crippen LogP contribution is 2.15. The molecule has 0 fully saturated rings. The number of carbonyl (C=O) groups is 2. The maximum absolute atomic E-state index is 11.9. The molecule has 3 rings (SSSR count). The predicted octanol–water partition coefficient (Wildman–Crippen LogP) is 4.49. The lowest BCUT2D eigenvalue weighted by molar-refractivity contribution is -0.129. The molecule has 1 N–H and O–H groups in total. The molecule has 0 aliphatic carbocycles. The Bertz CT molecular complexity index is 1060. The zero-order valence-corrected chi connectivity index (χ0v) is 17.2. The molecule has 3 aromatic rings. The van der Waals surface area contributed by atoms with Crippen molar-refractivity contribution in [3.8, 4) is 11.5 Å². The van der Waals surface area contributed by atoms with Crippen LogP contribution in [0.5, 0.6) is 11.5 Å². The Hall–Kier alpha value is -3.90. The van der Waals surface area contributed by atoms with Crippen LogP contribution in [0, 0.1) is 0 Å². The molecule has 7 heteroatoms. The van der Waals surface area contributed by atoms with Gasteiger partial charge in [0.05, 0.1) is 6.21 Å². The third-order valence-electron chi connectivity index (χ3n) is 3.90. The van der Waals surface area contributed by atoms with Gasteiger partial charge < -0.3 is 9.47 Å². The van der Waals surface area contributed by atoms with Gasteiger partial charge in [-0.25, -0.2) is 10.2 Å². The van der Waals surface area contributed by atoms with E-state index >= 15 is 0 Å². The van der Waals surface area contributed by atoms with Crippen LogP contribution in [0.25, 0.3) is 6.08 Å². The minimum Gasteiger partial charge on any atom is -0.484 e. The summed E-state index contributed by atoms with van der Waals surface area (Å²) >= 11 is 5.79. The largest absolute Gasteiger partial charge is 0.484 e. The zero-order valence-electron chi connectivity index (χ0n) is 16.4. The first kappa shape index (κ1) is 21.8. The van der Waals surface area contributed by atoms with E-state index in [4.69, 9.17) is 21.1 Å². The summed E-state index contributed by atoms with van der Waals surface area (Å²) in [6, 6.07) is 22.9. The van der Waals surface area contributed by atoms with E-state index in [9.17, 15) is 9.59 Å². The van der Waals surface area contributed by atoms with Crippen LogP contribution in [0.1, 0.15) is 11.1 Å². The van der Waals surface area contributed by atoms with Crippen molar-refractivity contribution in [1.29, 1.82) is 0 Å². The predicted molar refractivity (Wildman–Crippen MR) is 120 cm³/mol. The Labute approximate surface area is 184 Å². The van der Waals surface area contributed by atoms with Crippen molar-refractivity contribution in [3.63, 3.8) is 0 Å². The van der Waals surface area contributed by atoms with Crippen LogP contribution < -0.4 is 14.9 Å². The molecule has 0 aromatic heterocycles. The third-order valence-corrected chi connectivity index (χ3v) is 4.15. The normalized spacial score (nSPS) is 10.9. The number of hydrazone groups is 1. The Kier molecular flexibility index (Phi) is 7.97. The van der Waals surface area contributed by atoms with E-state index in [1.807, 2.05) is 30.3 Å². The van der Waals surface area contributed by atoms with Crippen molar-refractivity contribution in [2.45, 2.75) is 0 Å². The number of amides is 1. The van der Waals surface area contributed by atoms with Crippen molar-refractivity contribution in [2.75, 3.05) is 6.61 Å². The lowest BCUT2D eigenvalue weighted by Gasteiger charge is -2.04. The Morgan fingerprint density at radius 3 is 2.26 bits per heavy atom. The van der Waals surface area contributed by atoms with Crippen LogP contribution in [-0.4, -0.2) is 24.7 Å². The summed E-state index contributed by atoms with van der Waals surface area (Å²) in [6.07, 6.45) is 4.52. The SMILES string of the molecule is O=C(COc1ccc(Cl)cc1)N/N=C/c1ccc(OC(=O)/C=C/c2ccccc2)cc1. The number of ether oxygens (including phenoxy) is 2. The number of carbonyl (C=O) groups excluding carboxylic acids is 2. The summed E-state index contributed by atoms with van der Waals surface area (Å²) in [5, 5.41) is 4.47. The standard InChI is InChI=1S/C24H19ClN2O4/c25-20-9-13-21(14-10-20)30-17-23(28)27-26-16-19-6-11-22(12-7-19)31-24(29)15-8-18-4-2-1-3-5-18/h1-16H,17H2,(H,27,28)/b15-8+,26-16+. The van der Waals surface area contributed by atoms with E-state index in [1.165, 1.54) is 12.3 Å². The van der Waals surface area contributed by atoms with Crippen LogP contribution in [0.3, 0.4) is 0 Å². The zero-order chi connectivity index (χ0) is 21.9. The van der Waals surface area contributed by atoms with Crippen LogP contribution >= 0.6 is 11.6 Å². The third kappa shape index (κ3) is 7.79. The van der Waals surface area contributed by atoms with Gasteiger partial charge in [-0.3, -0.25) is 4.79 Å². The highest BCUT2D eigenvalue weighted by Gasteiger charge is 2.02. The highest BCUT2D eigenvalue weighted by molar-refractivity contribution is 6.30. The van der Waals surface area contributed by atoms with Crippen LogP contribution in [-0.2, 0) is 9.59 Å². The smallest absolute Gasteiger partial charge is 0.336 e. The molecule has 0 aliphatic heterocycles. The van der Waals surface area contributed by atoms with E-state index in [0.29, 0.717) is 16.5 Å². The first-order valence-corrected chi connectivity index (χ1v) is 9.71. The summed E-state index contributed by atoms with van der Waals surface area (Å²) in [5.74, 6) is 0.0627. The van der Waals surface area contributed by atoms with Gasteiger partial charge in [0, 0.05) is 11.1 Å². The topological polar surface area (TPSA) is 77.0 Å². The van der Waals surface area contributed by atoms with Crippen molar-refractivity contribution in [2.24, 2.45) is 5.10 Å². The van der Waals surface area contributed by atoms with Crippen molar-refractivity contribution >= 4 is 35.8 Å². The molecule has 0 aliphatic rings. The molecule has 0 bridgehead atoms. The first-order valence-electron chi connectivity index (χ1n) is 9.34.